The molecule has 0 saturated carbocycles. The molecule has 0 fully saturated rings. The van der Waals surface area contributed by atoms with Gasteiger partial charge in [-0.2, -0.15) is 0 Å². The zero-order chi connectivity index (χ0) is 7.71. The van der Waals surface area contributed by atoms with E-state index in [2.05, 4.69) is 0 Å². The monoisotopic (exact) mass is 152 g/mol. The Morgan fingerprint density at radius 3 is 1.67 bits per heavy atom. The van der Waals surface area contributed by atoms with Gasteiger partial charge in [0, 0.05) is 7.11 Å². The van der Waals surface area contributed by atoms with Gasteiger partial charge in [0.25, 0.3) is 0 Å². The first-order chi connectivity index (χ1) is 3.81. The van der Waals surface area contributed by atoms with Crippen molar-refractivity contribution in [3.8, 4) is 0 Å². The van der Waals surface area contributed by atoms with E-state index in [0.29, 0.717) is 0 Å². The molecular weight excluding hydrogens is 140 g/mol. The van der Waals surface area contributed by atoms with Crippen molar-refractivity contribution < 1.29 is 9.84 Å². The molecule has 9 heavy (non-hydrogen) atoms. The fourth-order valence-electron chi connectivity index (χ4n) is 0.250. The third-order valence-corrected chi connectivity index (χ3v) is 2.09. The topological polar surface area (TPSA) is 29.5 Å². The molecule has 0 aliphatic rings. The number of hydrogen-bond acceptors (Lipinski definition) is 2. The number of alkyl halides is 1. The lowest BCUT2D eigenvalue weighted by Crippen LogP contribution is -2.44. The van der Waals surface area contributed by atoms with Crippen LogP contribution in [-0.2, 0) is 4.74 Å². The molecule has 0 aliphatic heterocycles. The quantitative estimate of drug-likeness (QED) is 0.606. The molecule has 0 rings (SSSR count). The maximum absolute atomic E-state index is 9.29. The van der Waals surface area contributed by atoms with Gasteiger partial charge in [-0.3, -0.25) is 0 Å². The number of ether oxygens (including phenoxy) is 1. The second-order valence-electron chi connectivity index (χ2n) is 2.68. The van der Waals surface area contributed by atoms with Crippen LogP contribution in [-0.4, -0.2) is 22.9 Å². The van der Waals surface area contributed by atoms with E-state index in [0.717, 1.165) is 0 Å². The summed E-state index contributed by atoms with van der Waals surface area (Å²) in [5.41, 5.74) is -1.01. The molecule has 2 nitrogen and oxygen atoms in total. The number of hydrogen-bond donors (Lipinski definition) is 1. The maximum Gasteiger partial charge on any atom is 0.166 e. The Labute approximate surface area is 60.8 Å². The van der Waals surface area contributed by atoms with Crippen molar-refractivity contribution in [3.63, 3.8) is 0 Å². The van der Waals surface area contributed by atoms with Gasteiger partial charge in [0.2, 0.25) is 0 Å². The van der Waals surface area contributed by atoms with Gasteiger partial charge in [0.05, 0.1) is 0 Å². The van der Waals surface area contributed by atoms with E-state index in [-0.39, 0.29) is 0 Å². The van der Waals surface area contributed by atoms with Crippen LogP contribution < -0.4 is 0 Å². The van der Waals surface area contributed by atoms with Gasteiger partial charge in [-0.05, 0) is 20.8 Å². The standard InChI is InChI=1S/C6H13ClO2/c1-5(2,8)6(3,7)9-4/h8H,1-4H3. The fourth-order valence-corrected chi connectivity index (χ4v) is 0.250. The van der Waals surface area contributed by atoms with Crippen LogP contribution in [0.5, 0.6) is 0 Å². The van der Waals surface area contributed by atoms with Crippen LogP contribution >= 0.6 is 11.6 Å². The molecule has 0 radical (unpaired) electrons. The SMILES string of the molecule is COC(C)(Cl)C(C)(C)O. The van der Waals surface area contributed by atoms with E-state index in [4.69, 9.17) is 16.3 Å². The first-order valence-corrected chi connectivity index (χ1v) is 3.15. The second-order valence-corrected chi connectivity index (χ2v) is 3.40. The van der Waals surface area contributed by atoms with Gasteiger partial charge in [-0.25, -0.2) is 0 Å². The highest BCUT2D eigenvalue weighted by Gasteiger charge is 2.37. The largest absolute Gasteiger partial charge is 0.386 e. The molecule has 0 spiro atoms. The van der Waals surface area contributed by atoms with Gasteiger partial charge >= 0.3 is 0 Å². The molecule has 0 aromatic heterocycles. The third-order valence-electron chi connectivity index (χ3n) is 1.48. The molecule has 0 aliphatic carbocycles. The Kier molecular flexibility index (Phi) is 2.50. The molecule has 0 heterocycles. The van der Waals surface area contributed by atoms with Crippen LogP contribution in [0.3, 0.4) is 0 Å². The summed E-state index contributed by atoms with van der Waals surface area (Å²) in [7, 11) is 1.46. The smallest absolute Gasteiger partial charge is 0.166 e. The van der Waals surface area contributed by atoms with Crippen LogP contribution in [0, 0.1) is 0 Å². The van der Waals surface area contributed by atoms with Crippen molar-refractivity contribution in [3.05, 3.63) is 0 Å². The van der Waals surface area contributed by atoms with Gasteiger partial charge in [0.15, 0.2) is 5.06 Å². The van der Waals surface area contributed by atoms with Gasteiger partial charge in [0.1, 0.15) is 5.60 Å². The lowest BCUT2D eigenvalue weighted by atomic mass is 10.0. The highest BCUT2D eigenvalue weighted by atomic mass is 35.5. The molecule has 56 valence electrons. The molecule has 3 heteroatoms. The summed E-state index contributed by atoms with van der Waals surface area (Å²) >= 11 is 5.72. The highest BCUT2D eigenvalue weighted by Crippen LogP contribution is 2.28. The third kappa shape index (κ3) is 2.12. The summed E-state index contributed by atoms with van der Waals surface area (Å²) in [6.07, 6.45) is 0. The molecule has 0 saturated heterocycles. The lowest BCUT2D eigenvalue weighted by molar-refractivity contribution is -0.0880. The average Bonchev–Trinajstić information content (AvgIpc) is 1.64. The van der Waals surface area contributed by atoms with Crippen molar-refractivity contribution in [2.45, 2.75) is 31.4 Å². The Hall–Kier alpha value is 0.210. The molecule has 0 amide bonds. The van der Waals surface area contributed by atoms with Gasteiger partial charge in [-0.1, -0.05) is 11.6 Å². The van der Waals surface area contributed by atoms with E-state index in [1.54, 1.807) is 20.8 Å². The summed E-state index contributed by atoms with van der Waals surface area (Å²) in [5.74, 6) is 0. The van der Waals surface area contributed by atoms with Crippen LogP contribution in [0.25, 0.3) is 0 Å². The number of methoxy groups -OCH3 is 1. The van der Waals surface area contributed by atoms with Crippen molar-refractivity contribution in [1.29, 1.82) is 0 Å². The predicted molar refractivity (Wildman–Crippen MR) is 37.6 cm³/mol. The molecule has 1 unspecified atom stereocenters. The van der Waals surface area contributed by atoms with Crippen LogP contribution in [0.1, 0.15) is 20.8 Å². The molecule has 0 aromatic carbocycles. The summed E-state index contributed by atoms with van der Waals surface area (Å²) in [5, 5.41) is 8.30. The first kappa shape index (κ1) is 9.21. The van der Waals surface area contributed by atoms with Gasteiger partial charge < -0.3 is 9.84 Å². The zero-order valence-electron chi connectivity index (χ0n) is 6.23. The molecule has 1 atom stereocenters. The lowest BCUT2D eigenvalue weighted by Gasteiger charge is -2.32. The van der Waals surface area contributed by atoms with Crippen molar-refractivity contribution in [2.75, 3.05) is 7.11 Å². The van der Waals surface area contributed by atoms with Crippen LogP contribution in [0.2, 0.25) is 0 Å². The molecule has 0 aromatic rings. The predicted octanol–water partition coefficient (Wildman–Crippen LogP) is 1.36. The molecule has 1 N–H and O–H groups in total. The van der Waals surface area contributed by atoms with E-state index < -0.39 is 10.7 Å². The zero-order valence-corrected chi connectivity index (χ0v) is 6.99. The summed E-state index contributed by atoms with van der Waals surface area (Å²) < 4.78 is 4.82. The van der Waals surface area contributed by atoms with Crippen molar-refractivity contribution in [2.24, 2.45) is 0 Å². The Morgan fingerprint density at radius 2 is 1.67 bits per heavy atom. The maximum atomic E-state index is 9.29. The number of rotatable bonds is 2. The molecular formula is C6H13ClO2. The Morgan fingerprint density at radius 1 is 1.33 bits per heavy atom. The van der Waals surface area contributed by atoms with Crippen LogP contribution in [0.4, 0.5) is 0 Å². The van der Waals surface area contributed by atoms with Gasteiger partial charge in [-0.15, -0.1) is 0 Å². The van der Waals surface area contributed by atoms with Crippen molar-refractivity contribution >= 4 is 11.6 Å². The minimum absolute atomic E-state index is 0.993. The first-order valence-electron chi connectivity index (χ1n) is 2.77. The van der Waals surface area contributed by atoms with E-state index in [1.165, 1.54) is 7.11 Å². The van der Waals surface area contributed by atoms with Crippen LogP contribution in [0.15, 0.2) is 0 Å². The van der Waals surface area contributed by atoms with E-state index in [9.17, 15) is 5.11 Å². The van der Waals surface area contributed by atoms with Crippen molar-refractivity contribution in [1.82, 2.24) is 0 Å². The van der Waals surface area contributed by atoms with E-state index >= 15 is 0 Å². The molecule has 0 bridgehead atoms. The number of aliphatic hydroxyl groups is 1. The highest BCUT2D eigenvalue weighted by molar-refractivity contribution is 6.23. The summed E-state index contributed by atoms with van der Waals surface area (Å²) in [6, 6.07) is 0. The Balaban J connectivity index is 4.14. The minimum Gasteiger partial charge on any atom is -0.386 e. The average molecular weight is 153 g/mol. The normalized spacial score (nSPS) is 19.3. The fraction of sp³-hybridized carbons (Fsp3) is 1.00. The summed E-state index contributed by atoms with van der Waals surface area (Å²) in [4.78, 5) is 0. The second kappa shape index (κ2) is 2.45. The summed E-state index contributed by atoms with van der Waals surface area (Å²) in [6.45, 7) is 4.82. The number of halogens is 1. The Bertz CT molecular complexity index is 93.7. The minimum atomic E-state index is -1.01. The van der Waals surface area contributed by atoms with E-state index in [1.807, 2.05) is 0 Å².